The first-order chi connectivity index (χ1) is 17.0. The maximum absolute atomic E-state index is 12.7. The molecule has 0 saturated carbocycles. The number of amides is 2. The number of benzene rings is 2. The van der Waals surface area contributed by atoms with Crippen LogP contribution >= 0.6 is 0 Å². The number of carbonyl (C=O) groups excluding carboxylic acids is 2. The van der Waals surface area contributed by atoms with Crippen LogP contribution in [-0.2, 0) is 9.53 Å². The topological polar surface area (TPSA) is 65.1 Å². The predicted octanol–water partition coefficient (Wildman–Crippen LogP) is 5.68. The zero-order valence-electron chi connectivity index (χ0n) is 22.6. The third-order valence-corrected chi connectivity index (χ3v) is 7.36. The molecule has 2 aliphatic heterocycles. The fourth-order valence-electron chi connectivity index (χ4n) is 5.39. The van der Waals surface area contributed by atoms with Gasteiger partial charge in [0.15, 0.2) is 0 Å². The van der Waals surface area contributed by atoms with E-state index in [4.69, 9.17) is 4.74 Å². The van der Waals surface area contributed by atoms with Crippen LogP contribution in [0, 0.1) is 5.92 Å². The minimum Gasteiger partial charge on any atom is -0.444 e. The molecule has 2 aromatic carbocycles. The first kappa shape index (κ1) is 25.9. The second-order valence-electron chi connectivity index (χ2n) is 11.2. The predicted molar refractivity (Wildman–Crippen MR) is 146 cm³/mol. The van der Waals surface area contributed by atoms with Gasteiger partial charge < -0.3 is 24.8 Å². The highest BCUT2D eigenvalue weighted by Crippen LogP contribution is 2.44. The maximum atomic E-state index is 12.7. The molecule has 0 spiro atoms. The van der Waals surface area contributed by atoms with Crippen LogP contribution in [0.15, 0.2) is 48.5 Å². The van der Waals surface area contributed by atoms with E-state index in [1.54, 1.807) is 6.92 Å². The summed E-state index contributed by atoms with van der Waals surface area (Å²) in [6.45, 7) is 15.8. The quantitative estimate of drug-likeness (QED) is 0.598. The molecule has 1 fully saturated rings. The lowest BCUT2D eigenvalue weighted by atomic mass is 9.82. The van der Waals surface area contributed by atoms with E-state index in [9.17, 15) is 9.59 Å². The van der Waals surface area contributed by atoms with Gasteiger partial charge in [-0.1, -0.05) is 25.1 Å². The summed E-state index contributed by atoms with van der Waals surface area (Å²) in [6.07, 6.45) is -0.257. The molecule has 0 bridgehead atoms. The SMILES string of the molecule is CC(=O)N1c2ccc(N3CCN(C(=O)OC(C)(C)C)C(C)C3)cc2C(Nc2ccccc2)C(C)C1C. The van der Waals surface area contributed by atoms with Gasteiger partial charge in [-0.2, -0.15) is 0 Å². The fraction of sp³-hybridized carbons (Fsp3) is 0.517. The summed E-state index contributed by atoms with van der Waals surface area (Å²) in [4.78, 5) is 31.4. The van der Waals surface area contributed by atoms with E-state index >= 15 is 0 Å². The van der Waals surface area contributed by atoms with Gasteiger partial charge in [0, 0.05) is 67.2 Å². The van der Waals surface area contributed by atoms with Crippen molar-refractivity contribution < 1.29 is 14.3 Å². The summed E-state index contributed by atoms with van der Waals surface area (Å²) in [5, 5.41) is 3.73. The van der Waals surface area contributed by atoms with Crippen LogP contribution in [0.4, 0.5) is 21.9 Å². The number of piperazine rings is 1. The largest absolute Gasteiger partial charge is 0.444 e. The first-order valence-electron chi connectivity index (χ1n) is 13.0. The van der Waals surface area contributed by atoms with E-state index in [2.05, 4.69) is 61.3 Å². The Kier molecular flexibility index (Phi) is 7.21. The van der Waals surface area contributed by atoms with Crippen molar-refractivity contribution >= 4 is 29.1 Å². The van der Waals surface area contributed by atoms with Crippen LogP contribution in [-0.4, -0.2) is 54.2 Å². The third kappa shape index (κ3) is 5.30. The highest BCUT2D eigenvalue weighted by atomic mass is 16.6. The van der Waals surface area contributed by atoms with Gasteiger partial charge in [-0.25, -0.2) is 4.79 Å². The molecule has 0 aromatic heterocycles. The van der Waals surface area contributed by atoms with Gasteiger partial charge in [0.25, 0.3) is 0 Å². The summed E-state index contributed by atoms with van der Waals surface area (Å²) in [5.41, 5.74) is 3.75. The van der Waals surface area contributed by atoms with Crippen molar-refractivity contribution in [3.05, 3.63) is 54.1 Å². The summed E-state index contributed by atoms with van der Waals surface area (Å²) in [7, 11) is 0. The van der Waals surface area contributed by atoms with Gasteiger partial charge in [0.1, 0.15) is 5.60 Å². The Bertz CT molecular complexity index is 1100. The number of carbonyl (C=O) groups is 2. The van der Waals surface area contributed by atoms with E-state index in [1.165, 1.54) is 0 Å². The van der Waals surface area contributed by atoms with Crippen LogP contribution < -0.4 is 15.1 Å². The molecule has 2 heterocycles. The monoisotopic (exact) mass is 492 g/mol. The molecule has 0 aliphatic carbocycles. The van der Waals surface area contributed by atoms with Crippen LogP contribution in [0.25, 0.3) is 0 Å². The molecule has 7 heteroatoms. The summed E-state index contributed by atoms with van der Waals surface area (Å²) in [5.74, 6) is 0.265. The molecule has 2 aromatic rings. The van der Waals surface area contributed by atoms with Crippen molar-refractivity contribution in [1.29, 1.82) is 0 Å². The highest BCUT2D eigenvalue weighted by molar-refractivity contribution is 5.94. The van der Waals surface area contributed by atoms with Crippen LogP contribution in [0.1, 0.15) is 60.1 Å². The molecular formula is C29H40N4O3. The maximum Gasteiger partial charge on any atom is 0.410 e. The molecule has 36 heavy (non-hydrogen) atoms. The molecule has 1 saturated heterocycles. The number of rotatable bonds is 3. The normalized spacial score (nSPS) is 24.2. The zero-order valence-corrected chi connectivity index (χ0v) is 22.6. The minimum atomic E-state index is -0.510. The average Bonchev–Trinajstić information content (AvgIpc) is 2.81. The van der Waals surface area contributed by atoms with Gasteiger partial charge in [-0.05, 0) is 65.0 Å². The van der Waals surface area contributed by atoms with E-state index in [0.29, 0.717) is 6.54 Å². The number of para-hydroxylation sites is 1. The van der Waals surface area contributed by atoms with Gasteiger partial charge in [-0.3, -0.25) is 4.79 Å². The molecular weight excluding hydrogens is 452 g/mol. The molecule has 2 amide bonds. The molecule has 7 nitrogen and oxygen atoms in total. The second kappa shape index (κ2) is 10.0. The number of anilines is 3. The Labute approximate surface area is 215 Å². The van der Waals surface area contributed by atoms with E-state index in [-0.39, 0.29) is 36.0 Å². The minimum absolute atomic E-state index is 0.0236. The van der Waals surface area contributed by atoms with Crippen molar-refractivity contribution in [3.8, 4) is 0 Å². The lowest BCUT2D eigenvalue weighted by molar-refractivity contribution is -0.117. The van der Waals surface area contributed by atoms with Gasteiger partial charge in [-0.15, -0.1) is 0 Å². The Morgan fingerprint density at radius 3 is 2.31 bits per heavy atom. The van der Waals surface area contributed by atoms with Gasteiger partial charge in [0.05, 0.1) is 6.04 Å². The smallest absolute Gasteiger partial charge is 0.410 e. The van der Waals surface area contributed by atoms with Crippen molar-refractivity contribution in [2.45, 2.75) is 72.2 Å². The molecule has 2 aliphatic rings. The Hall–Kier alpha value is -3.22. The van der Waals surface area contributed by atoms with E-state index in [1.807, 2.05) is 48.8 Å². The first-order valence-corrected chi connectivity index (χ1v) is 13.0. The van der Waals surface area contributed by atoms with Crippen molar-refractivity contribution in [3.63, 3.8) is 0 Å². The van der Waals surface area contributed by atoms with Crippen molar-refractivity contribution in [2.75, 3.05) is 34.8 Å². The number of fused-ring (bicyclic) bond motifs is 1. The van der Waals surface area contributed by atoms with Crippen LogP contribution in [0.3, 0.4) is 0 Å². The number of nitrogens with zero attached hydrogens (tertiary/aromatic N) is 3. The summed E-state index contributed by atoms with van der Waals surface area (Å²) >= 11 is 0. The Balaban J connectivity index is 1.62. The highest BCUT2D eigenvalue weighted by Gasteiger charge is 2.39. The van der Waals surface area contributed by atoms with E-state index in [0.717, 1.165) is 35.7 Å². The van der Waals surface area contributed by atoms with Gasteiger partial charge >= 0.3 is 6.09 Å². The van der Waals surface area contributed by atoms with Crippen LogP contribution in [0.5, 0.6) is 0 Å². The number of hydrogen-bond donors (Lipinski definition) is 1. The summed E-state index contributed by atoms with van der Waals surface area (Å²) < 4.78 is 5.61. The molecule has 0 radical (unpaired) electrons. The van der Waals surface area contributed by atoms with Crippen LogP contribution in [0.2, 0.25) is 0 Å². The lowest BCUT2D eigenvalue weighted by Crippen LogP contribution is -2.55. The Morgan fingerprint density at radius 1 is 1.00 bits per heavy atom. The summed E-state index contributed by atoms with van der Waals surface area (Å²) in [6, 6.07) is 16.8. The average molecular weight is 493 g/mol. The zero-order chi connectivity index (χ0) is 26.2. The fourth-order valence-corrected chi connectivity index (χ4v) is 5.39. The third-order valence-electron chi connectivity index (χ3n) is 7.36. The Morgan fingerprint density at radius 2 is 1.69 bits per heavy atom. The van der Waals surface area contributed by atoms with Crippen molar-refractivity contribution in [1.82, 2.24) is 4.90 Å². The number of ether oxygens (including phenoxy) is 1. The van der Waals surface area contributed by atoms with E-state index < -0.39 is 5.60 Å². The molecule has 1 N–H and O–H groups in total. The lowest BCUT2D eigenvalue weighted by Gasteiger charge is -2.45. The molecule has 4 atom stereocenters. The standard InChI is InChI=1S/C29H40N4O3/c1-19-18-31(15-16-32(19)28(35)36-29(5,6)7)24-13-14-26-25(17-24)27(30-23-11-9-8-10-12-23)20(2)21(3)33(26)22(4)34/h8-14,17,19-21,27,30H,15-16,18H2,1-7H3. The molecule has 194 valence electrons. The molecule has 4 unspecified atom stereocenters. The number of nitrogens with one attached hydrogen (secondary N) is 1. The number of hydrogen-bond acceptors (Lipinski definition) is 5. The molecule has 4 rings (SSSR count). The van der Waals surface area contributed by atoms with Gasteiger partial charge in [0.2, 0.25) is 5.91 Å². The van der Waals surface area contributed by atoms with Crippen molar-refractivity contribution in [2.24, 2.45) is 5.92 Å². The second-order valence-corrected chi connectivity index (χ2v) is 11.2.